The fraction of sp³-hybridized carbons (Fsp3) is 0.182. The number of phenols is 1. The molecule has 0 spiro atoms. The van der Waals surface area contributed by atoms with Gasteiger partial charge in [-0.1, -0.05) is 6.92 Å². The molecule has 72 valence electrons. The Kier molecular flexibility index (Phi) is 2.23. The van der Waals surface area contributed by atoms with Gasteiger partial charge < -0.3 is 10.1 Å². The van der Waals surface area contributed by atoms with Gasteiger partial charge in [-0.15, -0.1) is 0 Å². The third-order valence-electron chi connectivity index (χ3n) is 2.15. The molecule has 0 aliphatic heterocycles. The molecule has 0 unspecified atom stereocenters. The van der Waals surface area contributed by atoms with Gasteiger partial charge in [-0.2, -0.15) is 0 Å². The molecule has 2 rings (SSSR count). The number of hydrogen-bond acceptors (Lipinski definition) is 2. The van der Waals surface area contributed by atoms with Gasteiger partial charge in [-0.25, -0.2) is 4.98 Å². The molecule has 1 heterocycles. The molecule has 0 fully saturated rings. The number of hydrogen-bond donors (Lipinski definition) is 2. The minimum absolute atomic E-state index is 0.274. The zero-order chi connectivity index (χ0) is 9.97. The van der Waals surface area contributed by atoms with E-state index in [-0.39, 0.29) is 5.75 Å². The largest absolute Gasteiger partial charge is 0.508 e. The molecule has 0 aliphatic carbocycles. The highest BCUT2D eigenvalue weighted by molar-refractivity contribution is 5.56. The Morgan fingerprint density at radius 2 is 2.00 bits per heavy atom. The summed E-state index contributed by atoms with van der Waals surface area (Å²) in [5.41, 5.74) is 2.11. The van der Waals surface area contributed by atoms with Crippen LogP contribution in [-0.4, -0.2) is 15.1 Å². The van der Waals surface area contributed by atoms with Crippen LogP contribution >= 0.6 is 0 Å². The van der Waals surface area contributed by atoms with Crippen LogP contribution in [0.1, 0.15) is 12.6 Å². The Bertz CT molecular complexity index is 417. The minimum atomic E-state index is 0.274. The van der Waals surface area contributed by atoms with E-state index in [0.29, 0.717) is 0 Å². The number of nitrogens with zero attached hydrogens (tertiary/aromatic N) is 1. The van der Waals surface area contributed by atoms with Gasteiger partial charge in [0.25, 0.3) is 0 Å². The van der Waals surface area contributed by atoms with Gasteiger partial charge in [0.15, 0.2) is 0 Å². The zero-order valence-electron chi connectivity index (χ0n) is 7.99. The van der Waals surface area contributed by atoms with Crippen molar-refractivity contribution in [3.8, 4) is 17.1 Å². The maximum Gasteiger partial charge on any atom is 0.137 e. The molecular formula is C11H12N2O. The summed E-state index contributed by atoms with van der Waals surface area (Å²) >= 11 is 0. The summed E-state index contributed by atoms with van der Waals surface area (Å²) < 4.78 is 0. The van der Waals surface area contributed by atoms with Crippen molar-refractivity contribution >= 4 is 0 Å². The van der Waals surface area contributed by atoms with Crippen molar-refractivity contribution in [2.75, 3.05) is 0 Å². The van der Waals surface area contributed by atoms with Crippen LogP contribution in [0.4, 0.5) is 0 Å². The van der Waals surface area contributed by atoms with Crippen molar-refractivity contribution in [2.45, 2.75) is 13.3 Å². The van der Waals surface area contributed by atoms with Crippen LogP contribution in [0.5, 0.6) is 5.75 Å². The number of aryl methyl sites for hydroxylation is 1. The summed E-state index contributed by atoms with van der Waals surface area (Å²) in [6.45, 7) is 2.08. The van der Waals surface area contributed by atoms with Crippen molar-refractivity contribution in [3.63, 3.8) is 0 Å². The normalized spacial score (nSPS) is 10.4. The minimum Gasteiger partial charge on any atom is -0.508 e. The first-order valence-electron chi connectivity index (χ1n) is 4.63. The fourth-order valence-electron chi connectivity index (χ4n) is 1.30. The third kappa shape index (κ3) is 1.62. The number of rotatable bonds is 2. The Balaban J connectivity index is 2.34. The highest BCUT2D eigenvalue weighted by atomic mass is 16.3. The molecule has 2 N–H and O–H groups in total. The van der Waals surface area contributed by atoms with Crippen LogP contribution in [0.3, 0.4) is 0 Å². The summed E-state index contributed by atoms with van der Waals surface area (Å²) in [5.74, 6) is 1.12. The van der Waals surface area contributed by atoms with E-state index in [0.717, 1.165) is 23.5 Å². The average Bonchev–Trinajstić information content (AvgIpc) is 2.67. The molecule has 3 nitrogen and oxygen atoms in total. The van der Waals surface area contributed by atoms with E-state index >= 15 is 0 Å². The van der Waals surface area contributed by atoms with Crippen LogP contribution in [0.15, 0.2) is 30.5 Å². The van der Waals surface area contributed by atoms with Gasteiger partial charge in [0.1, 0.15) is 11.6 Å². The number of aromatic amines is 1. The molecule has 0 saturated carbocycles. The van der Waals surface area contributed by atoms with Crippen LogP contribution < -0.4 is 0 Å². The average molecular weight is 188 g/mol. The van der Waals surface area contributed by atoms with E-state index in [1.807, 2.05) is 18.3 Å². The van der Waals surface area contributed by atoms with E-state index in [4.69, 9.17) is 5.11 Å². The van der Waals surface area contributed by atoms with Gasteiger partial charge >= 0.3 is 0 Å². The second-order valence-electron chi connectivity index (χ2n) is 3.16. The van der Waals surface area contributed by atoms with Crippen molar-refractivity contribution in [1.82, 2.24) is 9.97 Å². The van der Waals surface area contributed by atoms with Crippen molar-refractivity contribution in [1.29, 1.82) is 0 Å². The maximum atomic E-state index is 9.12. The first-order chi connectivity index (χ1) is 6.79. The maximum absolute atomic E-state index is 9.12. The zero-order valence-corrected chi connectivity index (χ0v) is 7.99. The molecule has 14 heavy (non-hydrogen) atoms. The number of nitrogens with one attached hydrogen (secondary N) is 1. The molecule has 0 atom stereocenters. The van der Waals surface area contributed by atoms with Crippen LogP contribution in [0.25, 0.3) is 11.4 Å². The van der Waals surface area contributed by atoms with E-state index in [2.05, 4.69) is 16.9 Å². The van der Waals surface area contributed by atoms with Crippen molar-refractivity contribution in [3.05, 3.63) is 36.2 Å². The van der Waals surface area contributed by atoms with E-state index < -0.39 is 0 Å². The lowest BCUT2D eigenvalue weighted by molar-refractivity contribution is 0.475. The molecular weight excluding hydrogens is 176 g/mol. The molecule has 0 saturated heterocycles. The number of imidazole rings is 1. The predicted molar refractivity (Wildman–Crippen MR) is 55.1 cm³/mol. The number of benzene rings is 1. The first-order valence-corrected chi connectivity index (χ1v) is 4.63. The van der Waals surface area contributed by atoms with Gasteiger partial charge in [-0.3, -0.25) is 0 Å². The molecule has 0 amide bonds. The Morgan fingerprint density at radius 3 is 2.57 bits per heavy atom. The highest BCUT2D eigenvalue weighted by Crippen LogP contribution is 2.18. The molecule has 0 aliphatic rings. The molecule has 3 heteroatoms. The SMILES string of the molecule is CCc1cnc(-c2ccc(O)cc2)[nH]1. The predicted octanol–water partition coefficient (Wildman–Crippen LogP) is 2.34. The van der Waals surface area contributed by atoms with E-state index in [1.165, 1.54) is 0 Å². The monoisotopic (exact) mass is 188 g/mol. The number of aromatic hydroxyl groups is 1. The third-order valence-corrected chi connectivity index (χ3v) is 2.15. The highest BCUT2D eigenvalue weighted by Gasteiger charge is 2.01. The Labute approximate surface area is 82.4 Å². The second kappa shape index (κ2) is 3.54. The lowest BCUT2D eigenvalue weighted by Gasteiger charge is -1.96. The smallest absolute Gasteiger partial charge is 0.137 e. The lowest BCUT2D eigenvalue weighted by Crippen LogP contribution is -1.81. The second-order valence-corrected chi connectivity index (χ2v) is 3.16. The first kappa shape index (κ1) is 8.81. The summed E-state index contributed by atoms with van der Waals surface area (Å²) in [6.07, 6.45) is 2.78. The summed E-state index contributed by atoms with van der Waals surface area (Å²) in [4.78, 5) is 7.46. The summed E-state index contributed by atoms with van der Waals surface area (Å²) in [5, 5.41) is 9.12. The van der Waals surface area contributed by atoms with Crippen molar-refractivity contribution in [2.24, 2.45) is 0 Å². The molecule has 0 bridgehead atoms. The summed E-state index contributed by atoms with van der Waals surface area (Å²) in [7, 11) is 0. The molecule has 1 aromatic heterocycles. The fourth-order valence-corrected chi connectivity index (χ4v) is 1.30. The topological polar surface area (TPSA) is 48.9 Å². The standard InChI is InChI=1S/C11H12N2O/c1-2-9-7-12-11(13-9)8-3-5-10(14)6-4-8/h3-7,14H,2H2,1H3,(H,12,13). The number of H-pyrrole nitrogens is 1. The van der Waals surface area contributed by atoms with Crippen LogP contribution in [0, 0.1) is 0 Å². The van der Waals surface area contributed by atoms with Gasteiger partial charge in [0.05, 0.1) is 0 Å². The Morgan fingerprint density at radius 1 is 1.29 bits per heavy atom. The summed E-state index contributed by atoms with van der Waals surface area (Å²) in [6, 6.07) is 6.99. The lowest BCUT2D eigenvalue weighted by atomic mass is 10.2. The number of aromatic nitrogens is 2. The van der Waals surface area contributed by atoms with Gasteiger partial charge in [0, 0.05) is 17.5 Å². The van der Waals surface area contributed by atoms with E-state index in [9.17, 15) is 0 Å². The number of phenolic OH excluding ortho intramolecular Hbond substituents is 1. The molecule has 0 radical (unpaired) electrons. The van der Waals surface area contributed by atoms with Crippen molar-refractivity contribution < 1.29 is 5.11 Å². The quantitative estimate of drug-likeness (QED) is 0.760. The van der Waals surface area contributed by atoms with Gasteiger partial charge in [0.2, 0.25) is 0 Å². The van der Waals surface area contributed by atoms with E-state index in [1.54, 1.807) is 12.1 Å². The van der Waals surface area contributed by atoms with Gasteiger partial charge in [-0.05, 0) is 30.7 Å². The Hall–Kier alpha value is -1.77. The molecule has 2 aromatic rings. The van der Waals surface area contributed by atoms with Crippen LogP contribution in [-0.2, 0) is 6.42 Å². The van der Waals surface area contributed by atoms with Crippen LogP contribution in [0.2, 0.25) is 0 Å². The molecule has 1 aromatic carbocycles.